The molecule has 0 aromatic carbocycles. The molecule has 4 rings (SSSR count). The molecule has 61 heteroatoms. The average Bonchev–Trinajstić information content (AvgIpc) is 0.844. The van der Waals surface area contributed by atoms with E-state index in [1.807, 2.05) is 19.6 Å². The Morgan fingerprint density at radius 3 is 0.407 bits per heavy atom. The Bertz CT molecular complexity index is 3360. The Hall–Kier alpha value is -8.08. The van der Waals surface area contributed by atoms with Gasteiger partial charge in [-0.25, -0.2) is 0 Å². The molecule has 20 N–H and O–H groups in total. The quantitative estimate of drug-likeness (QED) is 0.0251. The third-order valence-electron chi connectivity index (χ3n) is 24.2. The fourth-order valence-electron chi connectivity index (χ4n) is 16.4. The molecule has 4 fully saturated rings. The van der Waals surface area contributed by atoms with E-state index < -0.39 is 178 Å². The van der Waals surface area contributed by atoms with Gasteiger partial charge in [0.15, 0.2) is 0 Å². The molecule has 4 aliphatic rings. The van der Waals surface area contributed by atoms with E-state index in [2.05, 4.69) is 21.3 Å². The Morgan fingerprint density at radius 1 is 0.187 bits per heavy atom. The van der Waals surface area contributed by atoms with Gasteiger partial charge in [0.2, 0.25) is 23.6 Å². The number of amides is 4. The minimum absolute atomic E-state index is 0. The molecule has 0 aromatic heterocycles. The first-order valence-corrected chi connectivity index (χ1v) is 49.5. The van der Waals surface area contributed by atoms with Crippen LogP contribution in [0.4, 0.5) is 0 Å². The van der Waals surface area contributed by atoms with Crippen molar-refractivity contribution in [1.29, 1.82) is 0 Å². The first-order valence-electron chi connectivity index (χ1n) is 49.5. The van der Waals surface area contributed by atoms with Crippen molar-refractivity contribution in [1.82, 2.24) is 99.7 Å². The average molecular weight is 2320 g/mol. The van der Waals surface area contributed by atoms with Gasteiger partial charge in [0.25, 0.3) is 0 Å². The largest absolute Gasteiger partial charge is 3.00 e. The second-order valence-electron chi connectivity index (χ2n) is 37.0. The van der Waals surface area contributed by atoms with Gasteiger partial charge in [-0.2, -0.15) is 0 Å². The molecule has 4 atom stereocenters. The van der Waals surface area contributed by atoms with Crippen molar-refractivity contribution in [2.45, 2.75) is 24.4 Å². The van der Waals surface area contributed by atoms with Gasteiger partial charge in [-0.05, 0) is 0 Å². The second-order valence-corrected chi connectivity index (χ2v) is 37.0. The predicted molar refractivity (Wildman–Crippen MR) is 520 cm³/mol. The molecule has 0 aromatic rings. The molecule has 4 amide bonds. The van der Waals surface area contributed by atoms with Crippen LogP contribution in [0, 0.1) is 52.3 Å². The first kappa shape index (κ1) is 136. The molecule has 4 aliphatic heterocycles. The van der Waals surface area contributed by atoms with E-state index in [1.54, 1.807) is 58.8 Å². The Kier molecular flexibility index (Phi) is 72.4. The molecule has 4 saturated heterocycles. The van der Waals surface area contributed by atoms with Crippen molar-refractivity contribution in [3.63, 3.8) is 0 Å². The third-order valence-corrected chi connectivity index (χ3v) is 24.2. The van der Waals surface area contributed by atoms with Crippen molar-refractivity contribution in [3.05, 3.63) is 0 Å². The van der Waals surface area contributed by atoms with Crippen molar-refractivity contribution in [2.75, 3.05) is 446 Å². The fourth-order valence-corrected chi connectivity index (χ4v) is 16.4. The van der Waals surface area contributed by atoms with Crippen LogP contribution in [0.1, 0.15) is 0 Å². The SMILES string of the molecule is O=C(O)CN1CCN(CC(=O)O)CCN(CC(O)COCCOCC(=O)NCC(CNC(=O)COCCOCC(O)CN2CCN(CC(=O)O)CCN(CC(=O)O)CCN(CC(=O)O)CC2)(CNC(=O)COCCOCC(O)CN2CCN(CC(=O)O)CCN(CC(=O)O)CCN(CC(=O)O)CC2)CNC(=O)COCCOCC(O)CN2CCN(CC(=O)O)CCN(CC(=O)O)CCN(CC(=O)O)CC2)CCN(CC(=O)O)CC1.[Yb+3]. The molecule has 0 saturated carbocycles. The number of hydrogen-bond donors (Lipinski definition) is 20. The second kappa shape index (κ2) is 79.8. The summed E-state index contributed by atoms with van der Waals surface area (Å²) in [6.45, 7) is -5.51. The van der Waals surface area contributed by atoms with Gasteiger partial charge in [0.05, 0.1) is 182 Å². The maximum atomic E-state index is 13.9. The van der Waals surface area contributed by atoms with Crippen molar-refractivity contribution in [3.8, 4) is 0 Å². The number of nitrogens with one attached hydrogen (secondary N) is 4. The molecule has 0 spiro atoms. The number of carbonyl (C=O) groups is 16. The van der Waals surface area contributed by atoms with E-state index in [9.17, 15) is 158 Å². The van der Waals surface area contributed by atoms with E-state index in [1.165, 1.54) is 0 Å². The summed E-state index contributed by atoms with van der Waals surface area (Å²) in [4.78, 5) is 224. The van der Waals surface area contributed by atoms with Crippen LogP contribution in [-0.4, -0.2) is 726 Å². The minimum Gasteiger partial charge on any atom is -0.480 e. The summed E-state index contributed by atoms with van der Waals surface area (Å²) in [6.07, 6.45) is -4.62. The number of nitrogens with zero attached hydrogens (tertiary/aromatic N) is 16. The van der Waals surface area contributed by atoms with Crippen molar-refractivity contribution < 1.29 is 243 Å². The Morgan fingerprint density at radius 2 is 0.293 bits per heavy atom. The number of rotatable bonds is 68. The van der Waals surface area contributed by atoms with Gasteiger partial charge >= 0.3 is 119 Å². The number of aliphatic carboxylic acids is 12. The minimum atomic E-state index is -1.59. The number of ether oxygens (including phenoxy) is 8. The van der Waals surface area contributed by atoms with Gasteiger partial charge in [0, 0.05) is 267 Å². The van der Waals surface area contributed by atoms with Gasteiger partial charge in [-0.3, -0.25) is 155 Å². The third kappa shape index (κ3) is 70.3. The summed E-state index contributed by atoms with van der Waals surface area (Å²) in [5, 5.41) is 172. The number of aliphatic hydroxyl groups excluding tert-OH is 4. The summed E-state index contributed by atoms with van der Waals surface area (Å²) in [6, 6.07) is 0. The number of β-amino-alcohol motifs (C(OH)–C–C–N with tert-alkyl or cyclic N) is 4. The van der Waals surface area contributed by atoms with Crippen LogP contribution in [0.5, 0.6) is 0 Å². The molecule has 60 nitrogen and oxygen atoms in total. The molecule has 867 valence electrons. The van der Waals surface area contributed by atoms with Gasteiger partial charge in [-0.15, -0.1) is 0 Å². The monoisotopic (exact) mass is 2320 g/mol. The van der Waals surface area contributed by atoms with Crippen LogP contribution >= 0.6 is 0 Å². The molecule has 0 bridgehead atoms. The van der Waals surface area contributed by atoms with Crippen LogP contribution < -0.4 is 21.3 Å². The van der Waals surface area contributed by atoms with E-state index in [0.717, 1.165) is 0 Å². The number of aliphatic hydroxyl groups is 4. The van der Waals surface area contributed by atoms with E-state index in [0.29, 0.717) is 0 Å². The Balaban J connectivity index is 0.0000578. The molecule has 0 aliphatic carbocycles. The maximum absolute atomic E-state index is 13.9. The molecule has 150 heavy (non-hydrogen) atoms. The number of carbonyl (C=O) groups excluding carboxylic acids is 4. The van der Waals surface area contributed by atoms with Crippen molar-refractivity contribution in [2.24, 2.45) is 5.41 Å². The van der Waals surface area contributed by atoms with Crippen LogP contribution in [0.15, 0.2) is 0 Å². The van der Waals surface area contributed by atoms with Gasteiger partial charge < -0.3 is 141 Å². The van der Waals surface area contributed by atoms with Gasteiger partial charge in [-0.1, -0.05) is 0 Å². The maximum Gasteiger partial charge on any atom is 3.00 e. The number of carboxylic acid groups (broad SMARTS) is 12. The summed E-state index contributed by atoms with van der Waals surface area (Å²) in [5.74, 6) is -16.5. The summed E-state index contributed by atoms with van der Waals surface area (Å²) >= 11 is 0. The first-order chi connectivity index (χ1) is 70.9. The zero-order chi connectivity index (χ0) is 110. The number of hydrogen-bond acceptors (Lipinski definition) is 44. The zero-order valence-corrected chi connectivity index (χ0v) is 87.0. The molecule has 4 heterocycles. The van der Waals surface area contributed by atoms with Crippen LogP contribution in [-0.2, 0) is 115 Å². The molecular formula is C89H160N20O40Yb+3. The molecule has 1 radical (unpaired) electrons. The topological polar surface area (TPSA) is 771 Å². The summed E-state index contributed by atoms with van der Waals surface area (Å²) < 4.78 is 45.6. The zero-order valence-electron chi connectivity index (χ0n) is 85.3. The molecule has 4 unspecified atom stereocenters. The van der Waals surface area contributed by atoms with E-state index in [4.69, 9.17) is 37.9 Å². The predicted octanol–water partition coefficient (Wildman–Crippen LogP) is -14.1. The summed E-state index contributed by atoms with van der Waals surface area (Å²) in [7, 11) is 0. The fraction of sp³-hybridized carbons (Fsp3) is 0.820. The summed E-state index contributed by atoms with van der Waals surface area (Å²) in [5.41, 5.74) is -1.59. The van der Waals surface area contributed by atoms with Crippen LogP contribution in [0.25, 0.3) is 0 Å². The smallest absolute Gasteiger partial charge is 0.480 e. The standard InChI is InChI=1S/C89H160N20O40.Yb/c110-69(41-94-1-9-98(45-77(118)119)17-25-106(53-85(134)135)26-18-99(10-2-94)46-78(120)121)57-142-33-37-146-61-73(114)90-65-89(66-91-74(115)62-147-38-34-143-58-70(111)42-95-3-11-100(47-79(122)123)19-27-107(54-86(136)137)28-20-101(12-4-95)48-80(124)125,67-92-75(116)63-148-39-35-144-59-71(112)43-96-5-13-102(49-81(126)127)21-29-108(55-87(138)139)30-22-103(14-6-96)50-82(128)129)68-93-76(117)64-149-40-36-145-60-72(113)44-97-7-15-104(51-83(130)131)23-31-109(56-88(140)141)32-24-105(16-8-97)52-84(132)133;/h69-72,110-113H,1-68H2,(H,90,114)(H,91,115)(H,92,116)(H,93,117)(H,118,119)(H,120,121)(H,122,123)(H,124,125)(H,126,127)(H,128,129)(H,130,131)(H,132,133)(H,134,135)(H,136,137)(H,138,139)(H,140,141);/q;+3. The van der Waals surface area contributed by atoms with E-state index >= 15 is 0 Å². The van der Waals surface area contributed by atoms with Gasteiger partial charge in [0.1, 0.15) is 26.4 Å². The van der Waals surface area contributed by atoms with E-state index in [-0.39, 0.29) is 440 Å². The Labute approximate surface area is 908 Å². The number of carboxylic acids is 12. The van der Waals surface area contributed by atoms with Crippen molar-refractivity contribution >= 4 is 95.3 Å². The van der Waals surface area contributed by atoms with Crippen LogP contribution in [0.2, 0.25) is 0 Å². The van der Waals surface area contributed by atoms with Crippen LogP contribution in [0.3, 0.4) is 0 Å². The normalized spacial score (nSPS) is 19.1. The molecular weight excluding hydrogens is 2160 g/mol.